The average Bonchev–Trinajstić information content (AvgIpc) is 2.89. The SMILES string of the molecule is O=C(c1ccccc1Cl)N(CCO)C1CCCC1. The first-order chi connectivity index (χ1) is 8.74. The van der Waals surface area contributed by atoms with E-state index in [2.05, 4.69) is 0 Å². The summed E-state index contributed by atoms with van der Waals surface area (Å²) in [5.74, 6) is -0.0680. The van der Waals surface area contributed by atoms with Crippen LogP contribution in [0.15, 0.2) is 24.3 Å². The van der Waals surface area contributed by atoms with Crippen LogP contribution in [0.5, 0.6) is 0 Å². The van der Waals surface area contributed by atoms with E-state index >= 15 is 0 Å². The number of carbonyl (C=O) groups is 1. The van der Waals surface area contributed by atoms with Crippen LogP contribution in [0.4, 0.5) is 0 Å². The minimum Gasteiger partial charge on any atom is -0.395 e. The van der Waals surface area contributed by atoms with Gasteiger partial charge in [-0.3, -0.25) is 4.79 Å². The second-order valence-corrected chi connectivity index (χ2v) is 5.05. The minimum atomic E-state index is -0.0680. The van der Waals surface area contributed by atoms with Crippen molar-refractivity contribution >= 4 is 17.5 Å². The molecule has 0 atom stereocenters. The molecule has 4 heteroatoms. The van der Waals surface area contributed by atoms with Crippen LogP contribution in [-0.2, 0) is 0 Å². The number of aliphatic hydroxyl groups is 1. The monoisotopic (exact) mass is 267 g/mol. The second-order valence-electron chi connectivity index (χ2n) is 4.64. The molecular formula is C14H18ClNO2. The Morgan fingerprint density at radius 2 is 2.00 bits per heavy atom. The number of carbonyl (C=O) groups excluding carboxylic acids is 1. The zero-order valence-corrected chi connectivity index (χ0v) is 11.1. The third kappa shape index (κ3) is 2.85. The number of benzene rings is 1. The molecule has 0 spiro atoms. The van der Waals surface area contributed by atoms with Gasteiger partial charge >= 0.3 is 0 Å². The van der Waals surface area contributed by atoms with Crippen LogP contribution in [0.1, 0.15) is 36.0 Å². The Hall–Kier alpha value is -1.06. The van der Waals surface area contributed by atoms with Gasteiger partial charge in [-0.15, -0.1) is 0 Å². The predicted molar refractivity (Wildman–Crippen MR) is 71.8 cm³/mol. The summed E-state index contributed by atoms with van der Waals surface area (Å²) in [5, 5.41) is 9.61. The van der Waals surface area contributed by atoms with Crippen molar-refractivity contribution in [3.8, 4) is 0 Å². The zero-order chi connectivity index (χ0) is 13.0. The van der Waals surface area contributed by atoms with Crippen LogP contribution in [-0.4, -0.2) is 35.1 Å². The van der Waals surface area contributed by atoms with E-state index in [1.54, 1.807) is 17.0 Å². The fourth-order valence-electron chi connectivity index (χ4n) is 2.56. The number of nitrogens with zero attached hydrogens (tertiary/aromatic N) is 1. The zero-order valence-electron chi connectivity index (χ0n) is 10.3. The maximum Gasteiger partial charge on any atom is 0.255 e. The number of rotatable bonds is 4. The molecule has 1 aromatic rings. The van der Waals surface area contributed by atoms with Gasteiger partial charge in [-0.1, -0.05) is 36.6 Å². The molecule has 3 nitrogen and oxygen atoms in total. The molecule has 0 aromatic heterocycles. The van der Waals surface area contributed by atoms with Gasteiger partial charge in [0.1, 0.15) is 0 Å². The molecule has 0 aliphatic heterocycles. The van der Waals surface area contributed by atoms with Crippen molar-refractivity contribution in [1.82, 2.24) is 4.90 Å². The third-order valence-electron chi connectivity index (χ3n) is 3.47. The van der Waals surface area contributed by atoms with Crippen molar-refractivity contribution in [2.24, 2.45) is 0 Å². The predicted octanol–water partition coefficient (Wildman–Crippen LogP) is 2.72. The van der Waals surface area contributed by atoms with Gasteiger partial charge in [-0.2, -0.15) is 0 Å². The summed E-state index contributed by atoms with van der Waals surface area (Å²) in [6, 6.07) is 7.33. The first-order valence-corrected chi connectivity index (χ1v) is 6.78. The molecule has 1 N–H and O–H groups in total. The molecule has 18 heavy (non-hydrogen) atoms. The first-order valence-electron chi connectivity index (χ1n) is 6.40. The molecular weight excluding hydrogens is 250 g/mol. The van der Waals surface area contributed by atoms with Gasteiger partial charge in [0.2, 0.25) is 0 Å². The summed E-state index contributed by atoms with van der Waals surface area (Å²) in [6.07, 6.45) is 4.36. The molecule has 0 radical (unpaired) electrons. The Labute approximate surface area is 112 Å². The normalized spacial score (nSPS) is 15.9. The Balaban J connectivity index is 2.20. The van der Waals surface area contributed by atoms with E-state index in [4.69, 9.17) is 16.7 Å². The van der Waals surface area contributed by atoms with Gasteiger partial charge in [0.25, 0.3) is 5.91 Å². The van der Waals surface area contributed by atoms with Crippen LogP contribution >= 0.6 is 11.6 Å². The Morgan fingerprint density at radius 3 is 2.61 bits per heavy atom. The Kier molecular flexibility index (Phi) is 4.61. The highest BCUT2D eigenvalue weighted by Gasteiger charge is 2.27. The van der Waals surface area contributed by atoms with Crippen LogP contribution < -0.4 is 0 Å². The van der Waals surface area contributed by atoms with Crippen molar-refractivity contribution in [1.29, 1.82) is 0 Å². The average molecular weight is 268 g/mol. The largest absolute Gasteiger partial charge is 0.395 e. The molecule has 1 saturated carbocycles. The van der Waals surface area contributed by atoms with Gasteiger partial charge in [-0.25, -0.2) is 0 Å². The summed E-state index contributed by atoms with van der Waals surface area (Å²) in [7, 11) is 0. The lowest BCUT2D eigenvalue weighted by molar-refractivity contribution is 0.0638. The highest BCUT2D eigenvalue weighted by Crippen LogP contribution is 2.26. The lowest BCUT2D eigenvalue weighted by atomic mass is 10.1. The molecule has 1 aromatic carbocycles. The van der Waals surface area contributed by atoms with E-state index in [0.29, 0.717) is 17.1 Å². The summed E-state index contributed by atoms with van der Waals surface area (Å²) >= 11 is 6.06. The molecule has 1 fully saturated rings. The summed E-state index contributed by atoms with van der Waals surface area (Å²) in [4.78, 5) is 14.2. The Bertz CT molecular complexity index is 416. The molecule has 0 heterocycles. The van der Waals surface area contributed by atoms with Crippen LogP contribution in [0.2, 0.25) is 5.02 Å². The lowest BCUT2D eigenvalue weighted by Gasteiger charge is -2.28. The smallest absolute Gasteiger partial charge is 0.255 e. The molecule has 1 amide bonds. The summed E-state index contributed by atoms with van der Waals surface area (Å²) in [5.41, 5.74) is 0.527. The van der Waals surface area contributed by atoms with E-state index in [1.807, 2.05) is 12.1 Å². The van der Waals surface area contributed by atoms with Crippen molar-refractivity contribution in [2.75, 3.05) is 13.2 Å². The first kappa shape index (κ1) is 13.4. The summed E-state index contributed by atoms with van der Waals surface area (Å²) in [6.45, 7) is 0.376. The molecule has 0 bridgehead atoms. The van der Waals surface area contributed by atoms with E-state index < -0.39 is 0 Å². The van der Waals surface area contributed by atoms with Gasteiger partial charge in [0.15, 0.2) is 0 Å². The maximum absolute atomic E-state index is 12.5. The Morgan fingerprint density at radius 1 is 1.33 bits per heavy atom. The molecule has 1 aliphatic carbocycles. The molecule has 1 aliphatic rings. The molecule has 2 rings (SSSR count). The second kappa shape index (κ2) is 6.21. The molecule has 0 saturated heterocycles. The van der Waals surface area contributed by atoms with Crippen molar-refractivity contribution in [3.05, 3.63) is 34.9 Å². The number of hydrogen-bond acceptors (Lipinski definition) is 2. The maximum atomic E-state index is 12.5. The number of amides is 1. The van der Waals surface area contributed by atoms with Gasteiger partial charge in [0.05, 0.1) is 17.2 Å². The lowest BCUT2D eigenvalue weighted by Crippen LogP contribution is -2.40. The van der Waals surface area contributed by atoms with Gasteiger partial charge in [-0.05, 0) is 25.0 Å². The highest BCUT2D eigenvalue weighted by molar-refractivity contribution is 6.33. The van der Waals surface area contributed by atoms with Gasteiger partial charge in [0, 0.05) is 12.6 Å². The fourth-order valence-corrected chi connectivity index (χ4v) is 2.78. The van der Waals surface area contributed by atoms with Gasteiger partial charge < -0.3 is 10.0 Å². The number of hydrogen-bond donors (Lipinski definition) is 1. The highest BCUT2D eigenvalue weighted by atomic mass is 35.5. The minimum absolute atomic E-state index is 0.00725. The van der Waals surface area contributed by atoms with E-state index in [-0.39, 0.29) is 18.6 Å². The molecule has 98 valence electrons. The van der Waals surface area contributed by atoms with Crippen molar-refractivity contribution in [3.63, 3.8) is 0 Å². The summed E-state index contributed by atoms with van der Waals surface area (Å²) < 4.78 is 0. The third-order valence-corrected chi connectivity index (χ3v) is 3.80. The number of halogens is 1. The quantitative estimate of drug-likeness (QED) is 0.911. The van der Waals surface area contributed by atoms with Crippen LogP contribution in [0.3, 0.4) is 0 Å². The topological polar surface area (TPSA) is 40.5 Å². The van der Waals surface area contributed by atoms with E-state index in [1.165, 1.54) is 0 Å². The van der Waals surface area contributed by atoms with Crippen molar-refractivity contribution < 1.29 is 9.90 Å². The molecule has 0 unspecified atom stereocenters. The van der Waals surface area contributed by atoms with E-state index in [0.717, 1.165) is 25.7 Å². The number of aliphatic hydroxyl groups excluding tert-OH is 1. The van der Waals surface area contributed by atoms with E-state index in [9.17, 15) is 4.79 Å². The van der Waals surface area contributed by atoms with Crippen LogP contribution in [0.25, 0.3) is 0 Å². The van der Waals surface area contributed by atoms with Crippen molar-refractivity contribution in [2.45, 2.75) is 31.7 Å². The standard InChI is InChI=1S/C14H18ClNO2/c15-13-8-4-3-7-12(13)14(18)16(9-10-17)11-5-1-2-6-11/h3-4,7-8,11,17H,1-2,5-6,9-10H2. The van der Waals surface area contributed by atoms with Crippen LogP contribution in [0, 0.1) is 0 Å². The fraction of sp³-hybridized carbons (Fsp3) is 0.500.